The number of hydrogen-bond acceptors (Lipinski definition) is 5. The molecule has 0 amide bonds. The van der Waals surface area contributed by atoms with E-state index in [4.69, 9.17) is 16.3 Å². The van der Waals surface area contributed by atoms with Gasteiger partial charge in [0.25, 0.3) is 0 Å². The minimum absolute atomic E-state index is 0.144. The van der Waals surface area contributed by atoms with Gasteiger partial charge in [0.1, 0.15) is 11.6 Å². The molecule has 5 N–H and O–H groups in total. The Bertz CT molecular complexity index is 542. The Balaban J connectivity index is 2.01. The molecule has 2 rings (SSSR count). The monoisotopic (exact) mass is 272 g/mol. The molecule has 1 heterocycles. The minimum Gasteiger partial charge on any atom is -0.497 e. The summed E-state index contributed by atoms with van der Waals surface area (Å²) in [7, 11) is 1.66. The van der Waals surface area contributed by atoms with Crippen molar-refractivity contribution in [2.24, 2.45) is 5.84 Å². The largest absolute Gasteiger partial charge is 0.497 e. The molecule has 106 valence electrons. The lowest BCUT2D eigenvalue weighted by Gasteiger charge is -2.16. The lowest BCUT2D eigenvalue weighted by atomic mass is 10.00. The van der Waals surface area contributed by atoms with E-state index in [1.807, 2.05) is 36.4 Å². The Morgan fingerprint density at radius 2 is 1.85 bits per heavy atom. The summed E-state index contributed by atoms with van der Waals surface area (Å²) in [5.41, 5.74) is 10.9. The molecule has 0 saturated heterocycles. The maximum Gasteiger partial charge on any atom is 0.123 e. The van der Waals surface area contributed by atoms with Crippen LogP contribution in [0.2, 0.25) is 0 Å². The number of benzene rings is 1. The highest BCUT2D eigenvalue weighted by Gasteiger charge is 2.09. The van der Waals surface area contributed by atoms with E-state index < -0.39 is 0 Å². The zero-order valence-electron chi connectivity index (χ0n) is 11.5. The van der Waals surface area contributed by atoms with Gasteiger partial charge in [0, 0.05) is 12.2 Å². The zero-order valence-corrected chi connectivity index (χ0v) is 11.5. The second kappa shape index (κ2) is 6.88. The smallest absolute Gasteiger partial charge is 0.123 e. The molecule has 0 bridgehead atoms. The highest BCUT2D eigenvalue weighted by atomic mass is 16.5. The van der Waals surface area contributed by atoms with Crippen LogP contribution in [0.5, 0.6) is 5.75 Å². The SMILES string of the molecule is COc1ccc(CC(Cc2ccnc(N)c2)NN)cc1. The Hall–Kier alpha value is -2.11. The highest BCUT2D eigenvalue weighted by Crippen LogP contribution is 2.14. The number of nitrogens with zero attached hydrogens (tertiary/aromatic N) is 1. The summed E-state index contributed by atoms with van der Waals surface area (Å²) in [4.78, 5) is 3.99. The maximum atomic E-state index is 5.68. The molecule has 20 heavy (non-hydrogen) atoms. The van der Waals surface area contributed by atoms with Crippen molar-refractivity contribution in [3.63, 3.8) is 0 Å². The summed E-state index contributed by atoms with van der Waals surface area (Å²) in [6, 6.07) is 12.0. The summed E-state index contributed by atoms with van der Waals surface area (Å²) >= 11 is 0. The second-order valence-corrected chi connectivity index (χ2v) is 4.71. The van der Waals surface area contributed by atoms with Crippen LogP contribution in [-0.2, 0) is 12.8 Å². The van der Waals surface area contributed by atoms with Crippen molar-refractivity contribution in [2.45, 2.75) is 18.9 Å². The maximum absolute atomic E-state index is 5.68. The average Bonchev–Trinajstić information content (AvgIpc) is 2.47. The van der Waals surface area contributed by atoms with E-state index in [0.717, 1.165) is 24.2 Å². The lowest BCUT2D eigenvalue weighted by Crippen LogP contribution is -2.38. The van der Waals surface area contributed by atoms with E-state index in [2.05, 4.69) is 10.4 Å². The summed E-state index contributed by atoms with van der Waals surface area (Å²) in [6.45, 7) is 0. The van der Waals surface area contributed by atoms with Crippen LogP contribution in [0.1, 0.15) is 11.1 Å². The van der Waals surface area contributed by atoms with Gasteiger partial charge in [-0.05, 0) is 48.2 Å². The topological polar surface area (TPSA) is 86.2 Å². The molecule has 1 atom stereocenters. The van der Waals surface area contributed by atoms with Crippen molar-refractivity contribution in [3.8, 4) is 5.75 Å². The zero-order chi connectivity index (χ0) is 14.4. The van der Waals surface area contributed by atoms with Gasteiger partial charge in [-0.15, -0.1) is 0 Å². The third-order valence-electron chi connectivity index (χ3n) is 3.20. The van der Waals surface area contributed by atoms with Crippen molar-refractivity contribution < 1.29 is 4.74 Å². The van der Waals surface area contributed by atoms with Crippen molar-refractivity contribution in [1.82, 2.24) is 10.4 Å². The summed E-state index contributed by atoms with van der Waals surface area (Å²) in [5, 5.41) is 0. The number of methoxy groups -OCH3 is 1. The molecule has 0 radical (unpaired) electrons. The third kappa shape index (κ3) is 3.94. The third-order valence-corrected chi connectivity index (χ3v) is 3.20. The van der Waals surface area contributed by atoms with Crippen molar-refractivity contribution in [3.05, 3.63) is 53.7 Å². The fourth-order valence-electron chi connectivity index (χ4n) is 2.14. The fourth-order valence-corrected chi connectivity index (χ4v) is 2.14. The predicted octanol–water partition coefficient (Wildman–Crippen LogP) is 1.29. The van der Waals surface area contributed by atoms with Gasteiger partial charge in [0.05, 0.1) is 7.11 Å². The summed E-state index contributed by atoms with van der Waals surface area (Å²) in [5.74, 6) is 7.03. The molecule has 1 aromatic carbocycles. The first-order valence-electron chi connectivity index (χ1n) is 6.50. The van der Waals surface area contributed by atoms with Gasteiger partial charge in [-0.25, -0.2) is 4.98 Å². The lowest BCUT2D eigenvalue weighted by molar-refractivity contribution is 0.414. The van der Waals surface area contributed by atoms with Gasteiger partial charge in [0.15, 0.2) is 0 Å². The van der Waals surface area contributed by atoms with Gasteiger partial charge >= 0.3 is 0 Å². The van der Waals surface area contributed by atoms with Gasteiger partial charge < -0.3 is 10.5 Å². The quantitative estimate of drug-likeness (QED) is 0.545. The molecule has 2 aromatic rings. The molecule has 0 aliphatic carbocycles. The first-order valence-corrected chi connectivity index (χ1v) is 6.50. The molecule has 0 aliphatic heterocycles. The Morgan fingerprint density at radius 3 is 2.45 bits per heavy atom. The Kier molecular flexibility index (Phi) is 4.92. The van der Waals surface area contributed by atoms with Gasteiger partial charge in [-0.3, -0.25) is 11.3 Å². The Labute approximate surface area is 118 Å². The number of hydrogen-bond donors (Lipinski definition) is 3. The van der Waals surface area contributed by atoms with E-state index >= 15 is 0 Å². The summed E-state index contributed by atoms with van der Waals surface area (Å²) < 4.78 is 5.15. The van der Waals surface area contributed by atoms with Crippen molar-refractivity contribution in [2.75, 3.05) is 12.8 Å². The number of hydrazine groups is 1. The number of nitrogen functional groups attached to an aromatic ring is 1. The first-order chi connectivity index (χ1) is 9.71. The highest BCUT2D eigenvalue weighted by molar-refractivity contribution is 5.33. The Morgan fingerprint density at radius 1 is 1.15 bits per heavy atom. The van der Waals surface area contributed by atoms with E-state index in [9.17, 15) is 0 Å². The van der Waals surface area contributed by atoms with Crippen molar-refractivity contribution in [1.29, 1.82) is 0 Å². The minimum atomic E-state index is 0.144. The van der Waals surface area contributed by atoms with E-state index in [1.165, 1.54) is 5.56 Å². The van der Waals surface area contributed by atoms with Crippen LogP contribution in [0.15, 0.2) is 42.6 Å². The van der Waals surface area contributed by atoms with Crippen LogP contribution in [0.4, 0.5) is 5.82 Å². The van der Waals surface area contributed by atoms with E-state index in [0.29, 0.717) is 5.82 Å². The average molecular weight is 272 g/mol. The van der Waals surface area contributed by atoms with E-state index in [1.54, 1.807) is 13.3 Å². The first kappa shape index (κ1) is 14.3. The number of anilines is 1. The number of nitrogens with two attached hydrogens (primary N) is 2. The van der Waals surface area contributed by atoms with Crippen LogP contribution in [-0.4, -0.2) is 18.1 Å². The molecule has 1 aromatic heterocycles. The summed E-state index contributed by atoms with van der Waals surface area (Å²) in [6.07, 6.45) is 3.35. The van der Waals surface area contributed by atoms with Crippen LogP contribution in [0.25, 0.3) is 0 Å². The standard InChI is InChI=1S/C15H20N4O/c1-20-14-4-2-11(3-5-14)8-13(19-17)9-12-6-7-18-15(16)10-12/h2-7,10,13,19H,8-9,17H2,1H3,(H2,16,18). The molecule has 0 aliphatic rings. The van der Waals surface area contributed by atoms with Gasteiger partial charge in [-0.1, -0.05) is 12.1 Å². The van der Waals surface area contributed by atoms with Gasteiger partial charge in [0.2, 0.25) is 0 Å². The van der Waals surface area contributed by atoms with Crippen molar-refractivity contribution >= 4 is 5.82 Å². The second-order valence-electron chi connectivity index (χ2n) is 4.71. The molecule has 5 heteroatoms. The normalized spacial score (nSPS) is 12.1. The molecule has 0 fully saturated rings. The molecule has 1 unspecified atom stereocenters. The molecule has 5 nitrogen and oxygen atoms in total. The molecule has 0 spiro atoms. The van der Waals surface area contributed by atoms with Crippen LogP contribution in [0.3, 0.4) is 0 Å². The van der Waals surface area contributed by atoms with Crippen LogP contribution < -0.4 is 21.7 Å². The molecular formula is C15H20N4O. The number of rotatable bonds is 6. The van der Waals surface area contributed by atoms with E-state index in [-0.39, 0.29) is 6.04 Å². The number of aromatic nitrogens is 1. The fraction of sp³-hybridized carbons (Fsp3) is 0.267. The van der Waals surface area contributed by atoms with Gasteiger partial charge in [-0.2, -0.15) is 0 Å². The molecular weight excluding hydrogens is 252 g/mol. The number of pyridine rings is 1. The van der Waals surface area contributed by atoms with Crippen LogP contribution >= 0.6 is 0 Å². The number of nitrogens with one attached hydrogen (secondary N) is 1. The molecule has 0 saturated carbocycles. The number of ether oxygens (including phenoxy) is 1. The predicted molar refractivity (Wildman–Crippen MR) is 80.2 cm³/mol. The van der Waals surface area contributed by atoms with Crippen LogP contribution in [0, 0.1) is 0 Å².